The molecule has 0 radical (unpaired) electrons. The summed E-state index contributed by atoms with van der Waals surface area (Å²) in [6.45, 7) is 2.61. The monoisotopic (exact) mass is 308 g/mol. The minimum Gasteiger partial charge on any atom is -0.464 e. The first-order valence-electron chi connectivity index (χ1n) is 6.77. The average Bonchev–Trinajstić information content (AvgIpc) is 2.93. The van der Waals surface area contributed by atoms with Gasteiger partial charge in [0.05, 0.1) is 11.4 Å². The molecule has 0 saturated heterocycles. The summed E-state index contributed by atoms with van der Waals surface area (Å²) in [5.41, 5.74) is 0.849. The maximum absolute atomic E-state index is 11.9. The molecule has 0 saturated carbocycles. The highest BCUT2D eigenvalue weighted by atomic mass is 32.2. The summed E-state index contributed by atoms with van der Waals surface area (Å²) in [5.74, 6) is 1.82. The van der Waals surface area contributed by atoms with Gasteiger partial charge in [-0.05, 0) is 36.4 Å². The van der Waals surface area contributed by atoms with E-state index in [1.807, 2.05) is 19.1 Å². The predicted octanol–water partition coefficient (Wildman–Crippen LogP) is 2.70. The third-order valence-corrected chi connectivity index (χ3v) is 4.99. The molecule has 114 valence electrons. The zero-order valence-electron chi connectivity index (χ0n) is 12.5. The van der Waals surface area contributed by atoms with Gasteiger partial charge in [0.1, 0.15) is 11.5 Å². The number of hydrogen-bond donors (Lipinski definition) is 1. The summed E-state index contributed by atoms with van der Waals surface area (Å²) < 4.78 is 30.7. The lowest BCUT2D eigenvalue weighted by Gasteiger charge is -2.12. The molecule has 1 aromatic carbocycles. The number of hydrogen-bond acceptors (Lipinski definition) is 4. The van der Waals surface area contributed by atoms with E-state index >= 15 is 0 Å². The summed E-state index contributed by atoms with van der Waals surface area (Å²) in [6.07, 6.45) is 0.872. The van der Waals surface area contributed by atoms with Crippen molar-refractivity contribution in [1.29, 1.82) is 0 Å². The molecular formula is C15H20N2O3S. The van der Waals surface area contributed by atoms with Gasteiger partial charge in [-0.25, -0.2) is 12.7 Å². The SMILES string of the molecule is CCc1ccc(CNc2ccc(S(=O)(=O)N(C)C)cc2)o1. The molecule has 0 aliphatic rings. The van der Waals surface area contributed by atoms with Crippen LogP contribution in [0.3, 0.4) is 0 Å². The number of benzene rings is 1. The fourth-order valence-corrected chi connectivity index (χ4v) is 2.75. The third-order valence-electron chi connectivity index (χ3n) is 3.17. The molecule has 1 heterocycles. The fraction of sp³-hybridized carbons (Fsp3) is 0.333. The molecule has 2 rings (SSSR count). The van der Waals surface area contributed by atoms with E-state index in [1.54, 1.807) is 24.3 Å². The number of furan rings is 1. The van der Waals surface area contributed by atoms with E-state index < -0.39 is 10.0 Å². The third kappa shape index (κ3) is 3.65. The highest BCUT2D eigenvalue weighted by molar-refractivity contribution is 7.89. The second-order valence-electron chi connectivity index (χ2n) is 4.89. The first-order chi connectivity index (χ1) is 9.93. The topological polar surface area (TPSA) is 62.6 Å². The Kier molecular flexibility index (Phi) is 4.69. The molecular weight excluding hydrogens is 288 g/mol. The Labute approximate surface area is 125 Å². The van der Waals surface area contributed by atoms with Gasteiger partial charge >= 0.3 is 0 Å². The van der Waals surface area contributed by atoms with Crippen molar-refractivity contribution in [3.63, 3.8) is 0 Å². The second-order valence-corrected chi connectivity index (χ2v) is 7.04. The average molecular weight is 308 g/mol. The zero-order valence-corrected chi connectivity index (χ0v) is 13.3. The molecule has 5 nitrogen and oxygen atoms in total. The van der Waals surface area contributed by atoms with Crippen molar-refractivity contribution in [3.8, 4) is 0 Å². The van der Waals surface area contributed by atoms with Crippen LogP contribution in [0.15, 0.2) is 45.7 Å². The lowest BCUT2D eigenvalue weighted by molar-refractivity contribution is 0.476. The number of nitrogens with one attached hydrogen (secondary N) is 1. The summed E-state index contributed by atoms with van der Waals surface area (Å²) in [4.78, 5) is 0.282. The Hall–Kier alpha value is -1.79. The van der Waals surface area contributed by atoms with E-state index in [4.69, 9.17) is 4.42 Å². The highest BCUT2D eigenvalue weighted by Crippen LogP contribution is 2.17. The molecule has 6 heteroatoms. The molecule has 0 aliphatic heterocycles. The summed E-state index contributed by atoms with van der Waals surface area (Å²) in [7, 11) is -0.339. The van der Waals surface area contributed by atoms with Crippen molar-refractivity contribution in [2.75, 3.05) is 19.4 Å². The minimum atomic E-state index is -3.37. The van der Waals surface area contributed by atoms with Gasteiger partial charge in [0.25, 0.3) is 0 Å². The van der Waals surface area contributed by atoms with Crippen molar-refractivity contribution >= 4 is 15.7 Å². The van der Waals surface area contributed by atoms with Crippen LogP contribution in [0.4, 0.5) is 5.69 Å². The molecule has 0 fully saturated rings. The molecule has 2 aromatic rings. The molecule has 0 amide bonds. The molecule has 1 aromatic heterocycles. The number of sulfonamides is 1. The lowest BCUT2D eigenvalue weighted by Crippen LogP contribution is -2.22. The zero-order chi connectivity index (χ0) is 15.5. The van der Waals surface area contributed by atoms with E-state index in [0.29, 0.717) is 6.54 Å². The largest absolute Gasteiger partial charge is 0.464 e. The Morgan fingerprint density at radius 1 is 1.05 bits per heavy atom. The van der Waals surface area contributed by atoms with Crippen LogP contribution >= 0.6 is 0 Å². The van der Waals surface area contributed by atoms with Gasteiger partial charge in [-0.15, -0.1) is 0 Å². The minimum absolute atomic E-state index is 0.282. The van der Waals surface area contributed by atoms with Gasteiger partial charge in [-0.3, -0.25) is 0 Å². The molecule has 1 N–H and O–H groups in total. The molecule has 0 atom stereocenters. The number of aryl methyl sites for hydroxylation is 1. The van der Waals surface area contributed by atoms with Crippen LogP contribution in [0.25, 0.3) is 0 Å². The van der Waals surface area contributed by atoms with Crippen LogP contribution in [-0.4, -0.2) is 26.8 Å². The number of nitrogens with zero attached hydrogens (tertiary/aromatic N) is 1. The van der Waals surface area contributed by atoms with Crippen LogP contribution in [-0.2, 0) is 23.0 Å². The molecule has 21 heavy (non-hydrogen) atoms. The first-order valence-corrected chi connectivity index (χ1v) is 8.21. The maximum Gasteiger partial charge on any atom is 0.242 e. The van der Waals surface area contributed by atoms with Gasteiger partial charge in [-0.2, -0.15) is 0 Å². The van der Waals surface area contributed by atoms with Gasteiger partial charge in [0.15, 0.2) is 0 Å². The highest BCUT2D eigenvalue weighted by Gasteiger charge is 2.16. The van der Waals surface area contributed by atoms with Gasteiger partial charge in [0, 0.05) is 26.2 Å². The van der Waals surface area contributed by atoms with Crippen LogP contribution in [0, 0.1) is 0 Å². The maximum atomic E-state index is 11.9. The van der Waals surface area contributed by atoms with Crippen molar-refractivity contribution in [1.82, 2.24) is 4.31 Å². The second kappa shape index (κ2) is 6.32. The smallest absolute Gasteiger partial charge is 0.242 e. The predicted molar refractivity (Wildman–Crippen MR) is 82.7 cm³/mol. The van der Waals surface area contributed by atoms with Crippen molar-refractivity contribution < 1.29 is 12.8 Å². The van der Waals surface area contributed by atoms with Gasteiger partial charge in [-0.1, -0.05) is 6.92 Å². The summed E-state index contributed by atoms with van der Waals surface area (Å²) >= 11 is 0. The number of anilines is 1. The molecule has 0 unspecified atom stereocenters. The molecule has 0 bridgehead atoms. The Bertz CT molecular complexity index is 688. The lowest BCUT2D eigenvalue weighted by atomic mass is 10.3. The van der Waals surface area contributed by atoms with Gasteiger partial charge in [0.2, 0.25) is 10.0 Å². The first kappa shape index (κ1) is 15.6. The van der Waals surface area contributed by atoms with E-state index in [9.17, 15) is 8.42 Å². The summed E-state index contributed by atoms with van der Waals surface area (Å²) in [6, 6.07) is 10.6. The Morgan fingerprint density at radius 3 is 2.19 bits per heavy atom. The van der Waals surface area contributed by atoms with E-state index in [-0.39, 0.29) is 4.90 Å². The molecule has 0 spiro atoms. The molecule has 0 aliphatic carbocycles. The van der Waals surface area contributed by atoms with Crippen molar-refractivity contribution in [3.05, 3.63) is 47.9 Å². The quantitative estimate of drug-likeness (QED) is 0.891. The standard InChI is InChI=1S/C15H20N2O3S/c1-4-13-7-8-14(20-13)11-16-12-5-9-15(10-6-12)21(18,19)17(2)3/h5-10,16H,4,11H2,1-3H3. The normalized spacial score (nSPS) is 11.8. The Morgan fingerprint density at radius 2 is 1.67 bits per heavy atom. The van der Waals surface area contributed by atoms with Crippen LogP contribution < -0.4 is 5.32 Å². The van der Waals surface area contributed by atoms with E-state index in [2.05, 4.69) is 5.32 Å². The van der Waals surface area contributed by atoms with E-state index in [0.717, 1.165) is 23.6 Å². The van der Waals surface area contributed by atoms with Crippen LogP contribution in [0.1, 0.15) is 18.4 Å². The summed E-state index contributed by atoms with van der Waals surface area (Å²) in [5, 5.41) is 3.20. The van der Waals surface area contributed by atoms with E-state index in [1.165, 1.54) is 18.4 Å². The van der Waals surface area contributed by atoms with Crippen LogP contribution in [0.2, 0.25) is 0 Å². The van der Waals surface area contributed by atoms with Crippen LogP contribution in [0.5, 0.6) is 0 Å². The van der Waals surface area contributed by atoms with Crippen molar-refractivity contribution in [2.24, 2.45) is 0 Å². The fourth-order valence-electron chi connectivity index (χ4n) is 1.85. The Balaban J connectivity index is 2.03. The van der Waals surface area contributed by atoms with Crippen molar-refractivity contribution in [2.45, 2.75) is 24.8 Å². The van der Waals surface area contributed by atoms with Gasteiger partial charge < -0.3 is 9.73 Å². The number of rotatable bonds is 6.